The number of rotatable bonds is 5. The van der Waals surface area contributed by atoms with Crippen LogP contribution in [0.15, 0.2) is 56.1 Å². The summed E-state index contributed by atoms with van der Waals surface area (Å²) in [4.78, 5) is 23.7. The number of nitrogens with zero attached hydrogens (tertiary/aromatic N) is 1. The Labute approximate surface area is 144 Å². The zero-order valence-electron chi connectivity index (χ0n) is 12.5. The van der Waals surface area contributed by atoms with Crippen LogP contribution in [0.1, 0.15) is 12.0 Å². The van der Waals surface area contributed by atoms with Crippen molar-refractivity contribution in [3.63, 3.8) is 0 Å². The third-order valence-electron chi connectivity index (χ3n) is 3.52. The number of hydrogen-bond acceptors (Lipinski definition) is 4. The number of ether oxygens (including phenoxy) is 1. The molecular formula is C17H13BrFNO4. The number of aryl methyl sites for hydroxylation is 1. The summed E-state index contributed by atoms with van der Waals surface area (Å²) in [6.45, 7) is 0.194. The second-order valence-electron chi connectivity index (χ2n) is 5.13. The van der Waals surface area contributed by atoms with Crippen molar-refractivity contribution in [3.8, 4) is 0 Å². The fourth-order valence-electron chi connectivity index (χ4n) is 2.30. The maximum atomic E-state index is 13.0. The van der Waals surface area contributed by atoms with Gasteiger partial charge >= 0.3 is 11.7 Å². The molecule has 124 valence electrons. The molecule has 2 aromatic carbocycles. The van der Waals surface area contributed by atoms with Gasteiger partial charge in [-0.2, -0.15) is 0 Å². The quantitative estimate of drug-likeness (QED) is 0.621. The fourth-order valence-corrected chi connectivity index (χ4v) is 2.76. The molecule has 3 aromatic rings. The molecular weight excluding hydrogens is 381 g/mol. The van der Waals surface area contributed by atoms with Gasteiger partial charge in [-0.25, -0.2) is 9.18 Å². The molecule has 0 aliphatic rings. The molecule has 0 bridgehead atoms. The molecule has 0 saturated carbocycles. The lowest BCUT2D eigenvalue weighted by Gasteiger charge is -2.07. The minimum atomic E-state index is -0.509. The van der Waals surface area contributed by atoms with Crippen molar-refractivity contribution >= 4 is 33.0 Å². The summed E-state index contributed by atoms with van der Waals surface area (Å²) in [6.07, 6.45) is 0.0300. The molecule has 0 spiro atoms. The van der Waals surface area contributed by atoms with Gasteiger partial charge in [0.1, 0.15) is 12.4 Å². The number of oxazole rings is 1. The fraction of sp³-hybridized carbons (Fsp3) is 0.176. The Bertz CT molecular complexity index is 947. The first kappa shape index (κ1) is 16.4. The largest absolute Gasteiger partial charge is 0.461 e. The summed E-state index contributed by atoms with van der Waals surface area (Å²) >= 11 is 3.22. The van der Waals surface area contributed by atoms with Gasteiger partial charge in [-0.1, -0.05) is 34.1 Å². The van der Waals surface area contributed by atoms with Gasteiger partial charge in [-0.3, -0.25) is 9.36 Å². The van der Waals surface area contributed by atoms with Crippen LogP contribution in [-0.2, 0) is 22.7 Å². The molecule has 1 heterocycles. The minimum absolute atomic E-state index is 0.0285. The molecule has 5 nitrogen and oxygen atoms in total. The maximum Gasteiger partial charge on any atom is 0.419 e. The summed E-state index contributed by atoms with van der Waals surface area (Å²) in [5, 5.41) is 0. The molecule has 0 amide bonds. The van der Waals surface area contributed by atoms with E-state index >= 15 is 0 Å². The van der Waals surface area contributed by atoms with E-state index in [1.807, 2.05) is 0 Å². The van der Waals surface area contributed by atoms with E-state index in [4.69, 9.17) is 9.15 Å². The molecule has 3 rings (SSSR count). The average molecular weight is 394 g/mol. The van der Waals surface area contributed by atoms with Crippen LogP contribution in [-0.4, -0.2) is 10.5 Å². The third kappa shape index (κ3) is 3.56. The van der Waals surface area contributed by atoms with Crippen molar-refractivity contribution in [1.82, 2.24) is 4.57 Å². The SMILES string of the molecule is O=C(CCn1c(=O)oc2ccccc21)OCc1ccc(F)cc1Br. The van der Waals surface area contributed by atoms with Crippen molar-refractivity contribution in [1.29, 1.82) is 0 Å². The number of fused-ring (bicyclic) bond motifs is 1. The Kier molecular flexibility index (Phi) is 4.80. The van der Waals surface area contributed by atoms with Gasteiger partial charge < -0.3 is 9.15 Å². The predicted octanol–water partition coefficient (Wildman–Crippen LogP) is 3.63. The number of aromatic nitrogens is 1. The van der Waals surface area contributed by atoms with Gasteiger partial charge in [0.15, 0.2) is 5.58 Å². The Morgan fingerprint density at radius 1 is 1.25 bits per heavy atom. The van der Waals surface area contributed by atoms with Gasteiger partial charge in [0, 0.05) is 16.6 Å². The van der Waals surface area contributed by atoms with E-state index in [-0.39, 0.29) is 25.4 Å². The highest BCUT2D eigenvalue weighted by Crippen LogP contribution is 2.19. The second-order valence-corrected chi connectivity index (χ2v) is 5.99. The Balaban J connectivity index is 1.61. The molecule has 7 heteroatoms. The van der Waals surface area contributed by atoms with E-state index in [9.17, 15) is 14.0 Å². The van der Waals surface area contributed by atoms with E-state index in [0.29, 0.717) is 21.1 Å². The molecule has 0 N–H and O–H groups in total. The number of halogens is 2. The molecule has 0 fully saturated rings. The van der Waals surface area contributed by atoms with Crippen LogP contribution < -0.4 is 5.76 Å². The normalized spacial score (nSPS) is 10.9. The first-order chi connectivity index (χ1) is 11.5. The highest BCUT2D eigenvalue weighted by atomic mass is 79.9. The van der Waals surface area contributed by atoms with Crippen LogP contribution in [0.25, 0.3) is 11.1 Å². The smallest absolute Gasteiger partial charge is 0.419 e. The molecule has 0 aliphatic heterocycles. The van der Waals surface area contributed by atoms with Gasteiger partial charge in [0.2, 0.25) is 0 Å². The standard InChI is InChI=1S/C17H13BrFNO4/c18-13-9-12(19)6-5-11(13)10-23-16(21)7-8-20-14-3-1-2-4-15(14)24-17(20)22/h1-6,9H,7-8,10H2. The molecule has 0 unspecified atom stereocenters. The summed E-state index contributed by atoms with van der Waals surface area (Å²) in [7, 11) is 0. The Hall–Kier alpha value is -2.41. The van der Waals surface area contributed by atoms with Gasteiger partial charge in [0.25, 0.3) is 0 Å². The van der Waals surface area contributed by atoms with Crippen molar-refractivity contribution < 1.29 is 18.3 Å². The number of carbonyl (C=O) groups excluding carboxylic acids is 1. The van der Waals surface area contributed by atoms with Crippen LogP contribution in [0.2, 0.25) is 0 Å². The van der Waals surface area contributed by atoms with E-state index in [1.54, 1.807) is 30.3 Å². The highest BCUT2D eigenvalue weighted by molar-refractivity contribution is 9.10. The summed E-state index contributed by atoms with van der Waals surface area (Å²) < 4.78 is 25.2. The highest BCUT2D eigenvalue weighted by Gasteiger charge is 2.11. The van der Waals surface area contributed by atoms with Gasteiger partial charge in [0.05, 0.1) is 11.9 Å². The van der Waals surface area contributed by atoms with Crippen molar-refractivity contribution in [2.75, 3.05) is 0 Å². The molecule has 0 atom stereocenters. The predicted molar refractivity (Wildman–Crippen MR) is 89.0 cm³/mol. The summed E-state index contributed by atoms with van der Waals surface area (Å²) in [5.74, 6) is -1.34. The monoisotopic (exact) mass is 393 g/mol. The Morgan fingerprint density at radius 3 is 2.83 bits per heavy atom. The number of hydrogen-bond donors (Lipinski definition) is 0. The van der Waals surface area contributed by atoms with Crippen molar-refractivity contribution in [2.45, 2.75) is 19.6 Å². The van der Waals surface area contributed by atoms with Crippen LogP contribution in [0.5, 0.6) is 0 Å². The number of para-hydroxylation sites is 2. The average Bonchev–Trinajstić information content (AvgIpc) is 2.87. The molecule has 24 heavy (non-hydrogen) atoms. The van der Waals surface area contributed by atoms with Crippen molar-refractivity contribution in [2.24, 2.45) is 0 Å². The Morgan fingerprint density at radius 2 is 2.04 bits per heavy atom. The van der Waals surface area contributed by atoms with E-state index in [1.165, 1.54) is 16.7 Å². The lowest BCUT2D eigenvalue weighted by atomic mass is 10.2. The van der Waals surface area contributed by atoms with Crippen LogP contribution >= 0.6 is 15.9 Å². The van der Waals surface area contributed by atoms with E-state index in [0.717, 1.165) is 0 Å². The molecule has 0 saturated heterocycles. The van der Waals surface area contributed by atoms with Crippen molar-refractivity contribution in [3.05, 3.63) is 68.9 Å². The first-order valence-electron chi connectivity index (χ1n) is 7.22. The lowest BCUT2D eigenvalue weighted by Crippen LogP contribution is -2.17. The summed E-state index contributed by atoms with van der Waals surface area (Å²) in [5.41, 5.74) is 1.78. The minimum Gasteiger partial charge on any atom is -0.461 e. The molecule has 1 aromatic heterocycles. The number of esters is 1. The zero-order valence-corrected chi connectivity index (χ0v) is 14.1. The molecule has 0 aliphatic carbocycles. The van der Waals surface area contributed by atoms with E-state index in [2.05, 4.69) is 15.9 Å². The third-order valence-corrected chi connectivity index (χ3v) is 4.26. The topological polar surface area (TPSA) is 61.4 Å². The zero-order chi connectivity index (χ0) is 17.1. The van der Waals surface area contributed by atoms with Gasteiger partial charge in [-0.15, -0.1) is 0 Å². The van der Waals surface area contributed by atoms with Gasteiger partial charge in [-0.05, 0) is 24.3 Å². The number of benzene rings is 2. The summed E-state index contributed by atoms with van der Waals surface area (Å²) in [6, 6.07) is 11.1. The van der Waals surface area contributed by atoms with Crippen LogP contribution in [0.4, 0.5) is 4.39 Å². The molecule has 0 radical (unpaired) electrons. The van der Waals surface area contributed by atoms with E-state index < -0.39 is 11.7 Å². The maximum absolute atomic E-state index is 13.0. The van der Waals surface area contributed by atoms with Crippen LogP contribution in [0.3, 0.4) is 0 Å². The number of carbonyl (C=O) groups is 1. The second kappa shape index (κ2) is 7.00. The van der Waals surface area contributed by atoms with Crippen LogP contribution in [0, 0.1) is 5.82 Å². The lowest BCUT2D eigenvalue weighted by molar-refractivity contribution is -0.145. The first-order valence-corrected chi connectivity index (χ1v) is 8.02.